The molecule has 0 heterocycles. The van der Waals surface area contributed by atoms with E-state index in [0.29, 0.717) is 15.9 Å². The van der Waals surface area contributed by atoms with Gasteiger partial charge in [0.1, 0.15) is 10.6 Å². The van der Waals surface area contributed by atoms with Gasteiger partial charge in [0.15, 0.2) is 0 Å². The second-order valence-corrected chi connectivity index (χ2v) is 7.40. The molecule has 6 heteroatoms. The van der Waals surface area contributed by atoms with Gasteiger partial charge in [-0.1, -0.05) is 12.1 Å². The molecule has 0 bridgehead atoms. The minimum Gasteiger partial charge on any atom is -0.497 e. The molecule has 0 N–H and O–H groups in total. The lowest BCUT2D eigenvalue weighted by Crippen LogP contribution is -2.26. The molecule has 2 aromatic rings. The summed E-state index contributed by atoms with van der Waals surface area (Å²) >= 11 is 3.32. The number of hydrogen-bond acceptors (Lipinski definition) is 3. The van der Waals surface area contributed by atoms with E-state index in [1.165, 1.54) is 11.4 Å². The summed E-state index contributed by atoms with van der Waals surface area (Å²) in [5.41, 5.74) is 1.53. The lowest BCUT2D eigenvalue weighted by Gasteiger charge is -2.21. The van der Waals surface area contributed by atoms with Gasteiger partial charge in [-0.2, -0.15) is 0 Å². The highest BCUT2D eigenvalue weighted by molar-refractivity contribution is 9.10. The molecule has 4 nitrogen and oxygen atoms in total. The summed E-state index contributed by atoms with van der Waals surface area (Å²) in [6.07, 6.45) is 0. The second kappa shape index (κ2) is 6.07. The number of aryl methyl sites for hydroxylation is 1. The van der Waals surface area contributed by atoms with Crippen LogP contribution in [0.15, 0.2) is 51.8 Å². The van der Waals surface area contributed by atoms with Crippen LogP contribution in [0.25, 0.3) is 0 Å². The predicted octanol–water partition coefficient (Wildman–Crippen LogP) is 3.59. The number of ether oxygens (including phenoxy) is 1. The van der Waals surface area contributed by atoms with Crippen molar-refractivity contribution < 1.29 is 13.2 Å². The van der Waals surface area contributed by atoms with Crippen molar-refractivity contribution in [2.24, 2.45) is 0 Å². The number of hydrogen-bond donors (Lipinski definition) is 0. The Morgan fingerprint density at radius 2 is 1.86 bits per heavy atom. The highest BCUT2D eigenvalue weighted by Crippen LogP contribution is 2.29. The van der Waals surface area contributed by atoms with E-state index in [0.717, 1.165) is 5.56 Å². The van der Waals surface area contributed by atoms with E-state index in [1.54, 1.807) is 49.6 Å². The van der Waals surface area contributed by atoms with E-state index in [-0.39, 0.29) is 4.90 Å². The Kier molecular flexibility index (Phi) is 4.58. The van der Waals surface area contributed by atoms with Crippen LogP contribution in [0.4, 0.5) is 5.69 Å². The highest BCUT2D eigenvalue weighted by atomic mass is 79.9. The summed E-state index contributed by atoms with van der Waals surface area (Å²) in [6, 6.07) is 12.1. The van der Waals surface area contributed by atoms with Crippen LogP contribution in [0.3, 0.4) is 0 Å². The molecule has 0 spiro atoms. The smallest absolute Gasteiger partial charge is 0.265 e. The van der Waals surface area contributed by atoms with Crippen molar-refractivity contribution in [3.63, 3.8) is 0 Å². The van der Waals surface area contributed by atoms with Crippen molar-refractivity contribution in [3.8, 4) is 5.75 Å². The maximum Gasteiger partial charge on any atom is 0.265 e. The fourth-order valence-electron chi connectivity index (χ4n) is 1.91. The van der Waals surface area contributed by atoms with E-state index in [4.69, 9.17) is 4.74 Å². The lowest BCUT2D eigenvalue weighted by molar-refractivity contribution is 0.415. The second-order valence-electron chi connectivity index (χ2n) is 4.61. The molecule has 0 saturated carbocycles. The molecule has 0 radical (unpaired) electrons. The Hall–Kier alpha value is -1.53. The summed E-state index contributed by atoms with van der Waals surface area (Å²) in [6.45, 7) is 1.91. The molecular weight excluding hydrogens is 354 g/mol. The van der Waals surface area contributed by atoms with E-state index in [9.17, 15) is 8.42 Å². The zero-order chi connectivity index (χ0) is 15.6. The van der Waals surface area contributed by atoms with E-state index in [2.05, 4.69) is 15.9 Å². The van der Waals surface area contributed by atoms with Gasteiger partial charge in [-0.25, -0.2) is 8.42 Å². The Morgan fingerprint density at radius 3 is 2.48 bits per heavy atom. The van der Waals surface area contributed by atoms with Crippen molar-refractivity contribution in [2.75, 3.05) is 18.5 Å². The molecule has 21 heavy (non-hydrogen) atoms. The minimum atomic E-state index is -3.63. The molecule has 0 aliphatic carbocycles. The lowest BCUT2D eigenvalue weighted by atomic mass is 10.2. The van der Waals surface area contributed by atoms with E-state index < -0.39 is 10.0 Å². The first-order chi connectivity index (χ1) is 9.86. The van der Waals surface area contributed by atoms with Crippen molar-refractivity contribution in [3.05, 3.63) is 52.5 Å². The molecule has 0 aliphatic heterocycles. The van der Waals surface area contributed by atoms with Gasteiger partial charge in [0.25, 0.3) is 10.0 Å². The minimum absolute atomic E-state index is 0.235. The first-order valence-electron chi connectivity index (χ1n) is 6.25. The molecule has 0 amide bonds. The van der Waals surface area contributed by atoms with E-state index in [1.807, 2.05) is 6.92 Å². The summed E-state index contributed by atoms with van der Waals surface area (Å²) in [4.78, 5) is 0.235. The molecule has 112 valence electrons. The SMILES string of the molecule is COc1cccc(N(C)S(=O)(=O)c2ccc(C)cc2Br)c1. The summed E-state index contributed by atoms with van der Waals surface area (Å²) in [5.74, 6) is 0.609. The van der Waals surface area contributed by atoms with Crippen LogP contribution in [0.1, 0.15) is 5.56 Å². The summed E-state index contributed by atoms with van der Waals surface area (Å²) < 4.78 is 32.4. The Bertz CT molecular complexity index is 759. The molecule has 2 rings (SSSR count). The topological polar surface area (TPSA) is 46.6 Å². The average Bonchev–Trinajstić information content (AvgIpc) is 2.46. The number of anilines is 1. The zero-order valence-corrected chi connectivity index (χ0v) is 14.4. The fourth-order valence-corrected chi connectivity index (χ4v) is 4.25. The normalized spacial score (nSPS) is 11.2. The molecule has 0 fully saturated rings. The monoisotopic (exact) mass is 369 g/mol. The first kappa shape index (κ1) is 15.9. The van der Waals surface area contributed by atoms with Crippen LogP contribution in [-0.2, 0) is 10.0 Å². The largest absolute Gasteiger partial charge is 0.497 e. The van der Waals surface area contributed by atoms with Crippen LogP contribution < -0.4 is 9.04 Å². The summed E-state index contributed by atoms with van der Waals surface area (Å²) in [7, 11) is -0.564. The quantitative estimate of drug-likeness (QED) is 0.826. The molecule has 0 aromatic heterocycles. The third-order valence-corrected chi connectivity index (χ3v) is 5.90. The zero-order valence-electron chi connectivity index (χ0n) is 12.0. The van der Waals surface area contributed by atoms with Gasteiger partial charge in [0, 0.05) is 17.6 Å². The maximum absolute atomic E-state index is 12.7. The number of methoxy groups -OCH3 is 1. The third kappa shape index (κ3) is 3.22. The summed E-state index contributed by atoms with van der Waals surface area (Å²) in [5, 5.41) is 0. The van der Waals surface area contributed by atoms with Gasteiger partial charge in [-0.15, -0.1) is 0 Å². The van der Waals surface area contributed by atoms with Crippen molar-refractivity contribution in [1.82, 2.24) is 0 Å². The molecule has 0 unspecified atom stereocenters. The highest BCUT2D eigenvalue weighted by Gasteiger charge is 2.24. The molecule has 0 atom stereocenters. The van der Waals surface area contributed by atoms with Gasteiger partial charge < -0.3 is 4.74 Å². The third-order valence-electron chi connectivity index (χ3n) is 3.14. The first-order valence-corrected chi connectivity index (χ1v) is 8.48. The fraction of sp³-hybridized carbons (Fsp3) is 0.200. The van der Waals surface area contributed by atoms with Crippen LogP contribution >= 0.6 is 15.9 Å². The molecule has 0 aliphatic rings. The van der Waals surface area contributed by atoms with Gasteiger partial charge in [0.2, 0.25) is 0 Å². The standard InChI is InChI=1S/C15H16BrNO3S/c1-11-7-8-15(14(16)9-11)21(18,19)17(2)12-5-4-6-13(10-12)20-3/h4-10H,1-3H3. The Balaban J connectivity index is 2.47. The molecule has 2 aromatic carbocycles. The predicted molar refractivity (Wildman–Crippen MR) is 87.5 cm³/mol. The molecular formula is C15H16BrNO3S. The van der Waals surface area contributed by atoms with Crippen LogP contribution in [0, 0.1) is 6.92 Å². The van der Waals surface area contributed by atoms with Gasteiger partial charge in [-0.3, -0.25) is 4.31 Å². The van der Waals surface area contributed by atoms with Crippen molar-refractivity contribution >= 4 is 31.6 Å². The van der Waals surface area contributed by atoms with Gasteiger partial charge >= 0.3 is 0 Å². The maximum atomic E-state index is 12.7. The van der Waals surface area contributed by atoms with Gasteiger partial charge in [-0.05, 0) is 52.7 Å². The number of sulfonamides is 1. The molecule has 0 saturated heterocycles. The van der Waals surface area contributed by atoms with Crippen molar-refractivity contribution in [2.45, 2.75) is 11.8 Å². The van der Waals surface area contributed by atoms with Crippen LogP contribution in [0.5, 0.6) is 5.75 Å². The Labute approximate surface area is 133 Å². The number of rotatable bonds is 4. The van der Waals surface area contributed by atoms with Gasteiger partial charge in [0.05, 0.1) is 12.8 Å². The number of halogens is 1. The van der Waals surface area contributed by atoms with Crippen LogP contribution in [0.2, 0.25) is 0 Å². The average molecular weight is 370 g/mol. The number of nitrogens with zero attached hydrogens (tertiary/aromatic N) is 1. The van der Waals surface area contributed by atoms with Crippen LogP contribution in [-0.4, -0.2) is 22.6 Å². The van der Waals surface area contributed by atoms with E-state index >= 15 is 0 Å². The Morgan fingerprint density at radius 1 is 1.14 bits per heavy atom. The van der Waals surface area contributed by atoms with Crippen molar-refractivity contribution in [1.29, 1.82) is 0 Å². The number of benzene rings is 2.